The summed E-state index contributed by atoms with van der Waals surface area (Å²) in [5.74, 6) is -4.32. The second-order valence-corrected chi connectivity index (χ2v) is 7.16. The maximum absolute atomic E-state index is 12.6. The molecule has 0 radical (unpaired) electrons. The first kappa shape index (κ1) is 23.5. The van der Waals surface area contributed by atoms with Gasteiger partial charge in [0.05, 0.1) is 12.0 Å². The highest BCUT2D eigenvalue weighted by atomic mass is 16.4. The molecule has 2 amide bonds. The van der Waals surface area contributed by atoms with Crippen LogP contribution >= 0.6 is 0 Å². The quantitative estimate of drug-likeness (QED) is 0.333. The minimum atomic E-state index is -1.58. The molecule has 4 N–H and O–H groups in total. The molecule has 31 heavy (non-hydrogen) atoms. The lowest BCUT2D eigenvalue weighted by Gasteiger charge is -2.28. The second kappa shape index (κ2) is 9.81. The van der Waals surface area contributed by atoms with Crippen LogP contribution in [0.5, 0.6) is 0 Å². The summed E-state index contributed by atoms with van der Waals surface area (Å²) in [4.78, 5) is 58.2. The SMILES string of the molecule is CN(C)CCN1C(=O)c2cccc3cc(N)cc(c23)C1=O.O=C(O)CCC(=O)C(=O)O. The predicted octanol–water partition coefficient (Wildman–Crippen LogP) is 1.08. The zero-order valence-corrected chi connectivity index (χ0v) is 17.1. The van der Waals surface area contributed by atoms with Crippen LogP contribution in [-0.2, 0) is 14.4 Å². The van der Waals surface area contributed by atoms with Gasteiger partial charge in [0.15, 0.2) is 0 Å². The van der Waals surface area contributed by atoms with E-state index in [-0.39, 0.29) is 11.8 Å². The van der Waals surface area contributed by atoms with E-state index >= 15 is 0 Å². The van der Waals surface area contributed by atoms with Crippen LogP contribution in [-0.4, -0.2) is 76.7 Å². The average molecular weight is 429 g/mol. The van der Waals surface area contributed by atoms with Gasteiger partial charge in [0, 0.05) is 36.1 Å². The van der Waals surface area contributed by atoms with Crippen molar-refractivity contribution in [2.75, 3.05) is 32.9 Å². The van der Waals surface area contributed by atoms with Crippen molar-refractivity contribution in [1.29, 1.82) is 0 Å². The lowest BCUT2D eigenvalue weighted by molar-refractivity contribution is -0.149. The summed E-state index contributed by atoms with van der Waals surface area (Å²) >= 11 is 0. The molecule has 2 aromatic carbocycles. The molecule has 10 nitrogen and oxygen atoms in total. The first-order valence-electron chi connectivity index (χ1n) is 9.34. The molecule has 0 atom stereocenters. The molecule has 0 aromatic heterocycles. The Morgan fingerprint density at radius 2 is 1.65 bits per heavy atom. The van der Waals surface area contributed by atoms with E-state index in [1.54, 1.807) is 18.2 Å². The van der Waals surface area contributed by atoms with E-state index in [9.17, 15) is 24.0 Å². The summed E-state index contributed by atoms with van der Waals surface area (Å²) in [5, 5.41) is 17.5. The van der Waals surface area contributed by atoms with Crippen LogP contribution < -0.4 is 5.73 Å². The number of aliphatic carboxylic acids is 2. The number of ketones is 1. The highest BCUT2D eigenvalue weighted by Gasteiger charge is 2.32. The monoisotopic (exact) mass is 429 g/mol. The summed E-state index contributed by atoms with van der Waals surface area (Å²) in [7, 11) is 3.82. The first-order valence-corrected chi connectivity index (χ1v) is 9.34. The van der Waals surface area contributed by atoms with Crippen LogP contribution in [0.25, 0.3) is 10.8 Å². The maximum Gasteiger partial charge on any atom is 0.372 e. The lowest BCUT2D eigenvalue weighted by Crippen LogP contribution is -2.43. The fourth-order valence-corrected chi connectivity index (χ4v) is 3.01. The fraction of sp³-hybridized carbons (Fsp3) is 0.286. The number of nitrogens with two attached hydrogens (primary N) is 1. The number of imide groups is 1. The van der Waals surface area contributed by atoms with Gasteiger partial charge < -0.3 is 20.8 Å². The van der Waals surface area contributed by atoms with Crippen LogP contribution in [0.2, 0.25) is 0 Å². The zero-order valence-electron chi connectivity index (χ0n) is 17.1. The normalized spacial score (nSPS) is 12.5. The Hall–Kier alpha value is -3.79. The van der Waals surface area contributed by atoms with Crippen molar-refractivity contribution < 1.29 is 34.2 Å². The molecule has 0 saturated carbocycles. The minimum absolute atomic E-state index is 0.232. The number of likely N-dealkylation sites (N-methyl/N-ethyl adjacent to an activating group) is 1. The molecular weight excluding hydrogens is 406 g/mol. The molecule has 0 aliphatic carbocycles. The Morgan fingerprint density at radius 1 is 1.00 bits per heavy atom. The zero-order chi connectivity index (χ0) is 23.3. The van der Waals surface area contributed by atoms with E-state index in [0.717, 1.165) is 5.39 Å². The van der Waals surface area contributed by atoms with E-state index < -0.39 is 30.6 Å². The fourth-order valence-electron chi connectivity index (χ4n) is 3.01. The number of carbonyl (C=O) groups excluding carboxylic acids is 3. The summed E-state index contributed by atoms with van der Waals surface area (Å²) in [6, 6.07) is 8.90. The predicted molar refractivity (Wildman–Crippen MR) is 112 cm³/mol. The Labute approximate surface area is 177 Å². The molecule has 164 valence electrons. The van der Waals surface area contributed by atoms with Gasteiger partial charge in [-0.15, -0.1) is 0 Å². The number of hydrogen-bond acceptors (Lipinski definition) is 7. The average Bonchev–Trinajstić information content (AvgIpc) is 2.69. The first-order chi connectivity index (χ1) is 14.5. The number of rotatable bonds is 7. The Balaban J connectivity index is 0.000000291. The standard InChI is InChI=1S/C16H17N3O2.C5H6O5/c1-18(2)6-7-19-15(20)12-5-3-4-10-8-11(17)9-13(14(10)12)16(19)21;6-3(5(9)10)1-2-4(7)8/h3-5,8-9H,6-7,17H2,1-2H3;1-2H2,(H,7,8)(H,9,10). The molecule has 1 aliphatic rings. The van der Waals surface area contributed by atoms with Crippen molar-refractivity contribution >= 4 is 46.0 Å². The topological polar surface area (TPSA) is 158 Å². The number of carboxylic acids is 2. The molecule has 1 heterocycles. The molecule has 0 fully saturated rings. The second-order valence-electron chi connectivity index (χ2n) is 7.16. The van der Waals surface area contributed by atoms with E-state index in [2.05, 4.69) is 0 Å². The molecule has 1 aliphatic heterocycles. The minimum Gasteiger partial charge on any atom is -0.481 e. The van der Waals surface area contributed by atoms with Crippen LogP contribution in [0.15, 0.2) is 30.3 Å². The number of anilines is 1. The van der Waals surface area contributed by atoms with E-state index in [4.69, 9.17) is 15.9 Å². The number of nitrogen functional groups attached to an aromatic ring is 1. The van der Waals surface area contributed by atoms with Crippen molar-refractivity contribution in [3.8, 4) is 0 Å². The van der Waals surface area contributed by atoms with Gasteiger partial charge in [0.2, 0.25) is 5.78 Å². The van der Waals surface area contributed by atoms with Gasteiger partial charge in [-0.05, 0) is 37.7 Å². The summed E-state index contributed by atoms with van der Waals surface area (Å²) in [6.45, 7) is 1.00. The van der Waals surface area contributed by atoms with Gasteiger partial charge in [-0.3, -0.25) is 24.1 Å². The third kappa shape index (κ3) is 5.64. The van der Waals surface area contributed by atoms with Crippen molar-refractivity contribution in [1.82, 2.24) is 9.80 Å². The van der Waals surface area contributed by atoms with Crippen LogP contribution in [0.4, 0.5) is 5.69 Å². The van der Waals surface area contributed by atoms with Gasteiger partial charge in [0.25, 0.3) is 11.8 Å². The number of Topliss-reactive ketones (excluding diaryl/α,β-unsaturated/α-hetero) is 1. The van der Waals surface area contributed by atoms with Crippen molar-refractivity contribution in [3.05, 3.63) is 41.5 Å². The van der Waals surface area contributed by atoms with Crippen LogP contribution in [0, 0.1) is 0 Å². The Bertz CT molecular complexity index is 1060. The smallest absolute Gasteiger partial charge is 0.372 e. The van der Waals surface area contributed by atoms with E-state index in [1.165, 1.54) is 4.90 Å². The van der Waals surface area contributed by atoms with Crippen LogP contribution in [0.1, 0.15) is 33.6 Å². The molecule has 0 bridgehead atoms. The molecular formula is C21H23N3O7. The number of benzene rings is 2. The van der Waals surface area contributed by atoms with Gasteiger partial charge >= 0.3 is 11.9 Å². The van der Waals surface area contributed by atoms with Crippen LogP contribution in [0.3, 0.4) is 0 Å². The maximum atomic E-state index is 12.6. The highest BCUT2D eigenvalue weighted by Crippen LogP contribution is 2.31. The largest absolute Gasteiger partial charge is 0.481 e. The molecule has 10 heteroatoms. The van der Waals surface area contributed by atoms with Crippen molar-refractivity contribution in [2.45, 2.75) is 12.8 Å². The van der Waals surface area contributed by atoms with E-state index in [0.29, 0.717) is 35.3 Å². The Kier molecular flexibility index (Phi) is 7.43. The van der Waals surface area contributed by atoms with Gasteiger partial charge in [-0.1, -0.05) is 12.1 Å². The summed E-state index contributed by atoms with van der Waals surface area (Å²) < 4.78 is 0. The Morgan fingerprint density at radius 3 is 2.23 bits per heavy atom. The molecule has 0 spiro atoms. The number of carboxylic acid groups (broad SMARTS) is 2. The van der Waals surface area contributed by atoms with Crippen molar-refractivity contribution in [3.63, 3.8) is 0 Å². The van der Waals surface area contributed by atoms with Gasteiger partial charge in [-0.2, -0.15) is 0 Å². The number of nitrogens with zero attached hydrogens (tertiary/aromatic N) is 2. The number of hydrogen-bond donors (Lipinski definition) is 3. The molecule has 0 saturated heterocycles. The van der Waals surface area contributed by atoms with E-state index in [1.807, 2.05) is 31.1 Å². The summed E-state index contributed by atoms with van der Waals surface area (Å²) in [5.41, 5.74) is 7.49. The highest BCUT2D eigenvalue weighted by molar-refractivity contribution is 6.32. The van der Waals surface area contributed by atoms with Crippen molar-refractivity contribution in [2.24, 2.45) is 0 Å². The molecule has 3 rings (SSSR count). The lowest BCUT2D eigenvalue weighted by atomic mass is 9.93. The van der Waals surface area contributed by atoms with Gasteiger partial charge in [-0.25, -0.2) is 4.79 Å². The third-order valence-electron chi connectivity index (χ3n) is 4.53. The molecule has 0 unspecified atom stereocenters. The third-order valence-corrected chi connectivity index (χ3v) is 4.53. The number of amides is 2. The summed E-state index contributed by atoms with van der Waals surface area (Å²) in [6.07, 6.45) is -0.865. The van der Waals surface area contributed by atoms with Gasteiger partial charge in [0.1, 0.15) is 0 Å². The number of carbonyl (C=O) groups is 5. The molecule has 2 aromatic rings.